The highest BCUT2D eigenvalue weighted by Crippen LogP contribution is 2.02. The maximum atomic E-state index is 10.8. The van der Waals surface area contributed by atoms with Crippen LogP contribution in [0.25, 0.3) is 0 Å². The van der Waals surface area contributed by atoms with Crippen molar-refractivity contribution < 1.29 is 9.53 Å². The van der Waals surface area contributed by atoms with Gasteiger partial charge in [-0.25, -0.2) is 10.0 Å². The van der Waals surface area contributed by atoms with Crippen LogP contribution in [0.1, 0.15) is 18.1 Å². The van der Waals surface area contributed by atoms with Crippen molar-refractivity contribution in [3.63, 3.8) is 0 Å². The number of carbonyl (C=O) groups excluding carboxylic acids is 1. The van der Waals surface area contributed by atoms with Crippen LogP contribution in [0.3, 0.4) is 0 Å². The van der Waals surface area contributed by atoms with Gasteiger partial charge in [-0.05, 0) is 17.7 Å². The largest absolute Gasteiger partial charge is 0.464 e. The predicted molar refractivity (Wildman–Crippen MR) is 82.4 cm³/mol. The van der Waals surface area contributed by atoms with Crippen molar-refractivity contribution in [2.24, 2.45) is 10.1 Å². The zero-order valence-electron chi connectivity index (χ0n) is 12.3. The highest BCUT2D eigenvalue weighted by molar-refractivity contribution is 5.84. The Bertz CT molecular complexity index is 616. The molecule has 0 saturated carbocycles. The first-order chi connectivity index (χ1) is 10.7. The maximum Gasteiger partial charge on any atom is 0.302 e. The molecule has 1 aliphatic heterocycles. The van der Waals surface area contributed by atoms with E-state index in [9.17, 15) is 4.79 Å². The van der Waals surface area contributed by atoms with Crippen LogP contribution < -0.4 is 5.32 Å². The number of nitrogens with one attached hydrogen (secondary N) is 1. The number of hydrazone groups is 1. The normalized spacial score (nSPS) is 13.4. The number of rotatable bonds is 5. The summed E-state index contributed by atoms with van der Waals surface area (Å²) in [5.41, 5.74) is 1.47. The molecule has 22 heavy (non-hydrogen) atoms. The fourth-order valence-corrected chi connectivity index (χ4v) is 1.83. The van der Waals surface area contributed by atoms with E-state index in [1.165, 1.54) is 6.92 Å². The Hall–Kier alpha value is -2.88. The van der Waals surface area contributed by atoms with E-state index in [-0.39, 0.29) is 12.6 Å². The Morgan fingerprint density at radius 2 is 2.32 bits per heavy atom. The molecule has 0 atom stereocenters. The van der Waals surface area contributed by atoms with Crippen molar-refractivity contribution in [2.45, 2.75) is 6.92 Å². The van der Waals surface area contributed by atoms with E-state index in [4.69, 9.17) is 10.00 Å². The molecule has 1 heterocycles. The highest BCUT2D eigenvalue weighted by Gasteiger charge is 2.13. The van der Waals surface area contributed by atoms with Gasteiger partial charge in [0.15, 0.2) is 0 Å². The van der Waals surface area contributed by atoms with Gasteiger partial charge in [0.05, 0.1) is 30.9 Å². The standard InChI is InChI=1S/C15H17N5O2/c1-12(21)22-9-8-20(15-17-6-7-18-15)19-11-14-4-2-13(10-16)3-5-14/h2-5,11H,6-9H2,1H3,(H,17,18)/b19-11+. The summed E-state index contributed by atoms with van der Waals surface area (Å²) in [6.45, 7) is 3.49. The third kappa shape index (κ3) is 4.59. The van der Waals surface area contributed by atoms with Gasteiger partial charge < -0.3 is 10.1 Å². The number of carbonyl (C=O) groups is 1. The molecular formula is C15H17N5O2. The Morgan fingerprint density at radius 3 is 2.91 bits per heavy atom. The van der Waals surface area contributed by atoms with Crippen molar-refractivity contribution in [2.75, 3.05) is 26.2 Å². The third-order valence-corrected chi connectivity index (χ3v) is 2.90. The van der Waals surface area contributed by atoms with Crippen LogP contribution in [-0.2, 0) is 9.53 Å². The van der Waals surface area contributed by atoms with E-state index in [2.05, 4.69) is 21.5 Å². The number of hydrogen-bond donors (Lipinski definition) is 1. The van der Waals surface area contributed by atoms with Crippen LogP contribution in [0.5, 0.6) is 0 Å². The Morgan fingerprint density at radius 1 is 1.55 bits per heavy atom. The molecule has 2 rings (SSSR count). The number of nitrogens with zero attached hydrogens (tertiary/aromatic N) is 4. The molecule has 0 fully saturated rings. The Labute approximate surface area is 128 Å². The number of guanidine groups is 1. The smallest absolute Gasteiger partial charge is 0.302 e. The molecule has 1 aromatic carbocycles. The van der Waals surface area contributed by atoms with Gasteiger partial charge in [-0.15, -0.1) is 0 Å². The van der Waals surface area contributed by atoms with Crippen LogP contribution in [0.4, 0.5) is 0 Å². The summed E-state index contributed by atoms with van der Waals surface area (Å²) >= 11 is 0. The summed E-state index contributed by atoms with van der Waals surface area (Å²) in [6, 6.07) is 9.17. The number of aliphatic imine (C=N–C) groups is 1. The molecule has 0 spiro atoms. The second-order valence-electron chi connectivity index (χ2n) is 4.57. The van der Waals surface area contributed by atoms with Crippen LogP contribution in [0.15, 0.2) is 34.4 Å². The van der Waals surface area contributed by atoms with Gasteiger partial charge in [-0.3, -0.25) is 4.79 Å². The SMILES string of the molecule is CC(=O)OCCN(/N=C/c1ccc(C#N)cc1)C1=NCCN1. The summed E-state index contributed by atoms with van der Waals surface area (Å²) in [5, 5.41) is 17.9. The van der Waals surface area contributed by atoms with Gasteiger partial charge in [0.2, 0.25) is 5.96 Å². The predicted octanol–water partition coefficient (Wildman–Crippen LogP) is 0.716. The molecule has 7 heteroatoms. The summed E-state index contributed by atoms with van der Waals surface area (Å²) in [6.07, 6.45) is 1.68. The molecule has 0 amide bonds. The van der Waals surface area contributed by atoms with E-state index in [1.54, 1.807) is 23.4 Å². The molecule has 1 aliphatic rings. The van der Waals surface area contributed by atoms with Gasteiger partial charge in [0, 0.05) is 13.5 Å². The minimum absolute atomic E-state index is 0.237. The lowest BCUT2D eigenvalue weighted by Crippen LogP contribution is -2.37. The van der Waals surface area contributed by atoms with Crippen LogP contribution in [0.2, 0.25) is 0 Å². The molecular weight excluding hydrogens is 282 g/mol. The lowest BCUT2D eigenvalue weighted by molar-refractivity contribution is -0.141. The first kappa shape index (κ1) is 15.5. The molecule has 0 radical (unpaired) electrons. The van der Waals surface area contributed by atoms with E-state index < -0.39 is 0 Å². The molecule has 0 unspecified atom stereocenters. The van der Waals surface area contributed by atoms with Crippen LogP contribution in [0, 0.1) is 11.3 Å². The number of benzene rings is 1. The molecule has 7 nitrogen and oxygen atoms in total. The summed E-state index contributed by atoms with van der Waals surface area (Å²) in [7, 11) is 0. The molecule has 1 aromatic rings. The van der Waals surface area contributed by atoms with E-state index in [0.717, 1.165) is 12.1 Å². The second-order valence-corrected chi connectivity index (χ2v) is 4.57. The summed E-state index contributed by atoms with van der Waals surface area (Å²) in [4.78, 5) is 15.1. The van der Waals surface area contributed by atoms with Gasteiger partial charge in [-0.2, -0.15) is 10.4 Å². The van der Waals surface area contributed by atoms with Gasteiger partial charge >= 0.3 is 5.97 Å². The van der Waals surface area contributed by atoms with Crippen LogP contribution >= 0.6 is 0 Å². The number of ether oxygens (including phenoxy) is 1. The Balaban J connectivity index is 2.02. The fourth-order valence-electron chi connectivity index (χ4n) is 1.83. The lowest BCUT2D eigenvalue weighted by atomic mass is 10.2. The van der Waals surface area contributed by atoms with Gasteiger partial charge in [-0.1, -0.05) is 12.1 Å². The summed E-state index contributed by atoms with van der Waals surface area (Å²) < 4.78 is 4.94. The van der Waals surface area contributed by atoms with Gasteiger partial charge in [0.25, 0.3) is 0 Å². The second kappa shape index (κ2) is 7.78. The quantitative estimate of drug-likeness (QED) is 0.491. The topological polar surface area (TPSA) is 90.1 Å². The minimum Gasteiger partial charge on any atom is -0.464 e. The molecule has 114 valence electrons. The average Bonchev–Trinajstić information content (AvgIpc) is 3.05. The summed E-state index contributed by atoms with van der Waals surface area (Å²) in [5.74, 6) is 0.342. The zero-order chi connectivity index (χ0) is 15.8. The first-order valence-corrected chi connectivity index (χ1v) is 6.92. The number of esters is 1. The molecule has 0 aliphatic carbocycles. The fraction of sp³-hybridized carbons (Fsp3) is 0.333. The third-order valence-electron chi connectivity index (χ3n) is 2.90. The molecule has 0 saturated heterocycles. The van der Waals surface area contributed by atoms with Gasteiger partial charge in [0.1, 0.15) is 6.61 Å². The first-order valence-electron chi connectivity index (χ1n) is 6.92. The zero-order valence-corrected chi connectivity index (χ0v) is 12.3. The van der Waals surface area contributed by atoms with Crippen LogP contribution in [-0.4, -0.2) is 49.4 Å². The monoisotopic (exact) mass is 299 g/mol. The van der Waals surface area contributed by atoms with Crippen molar-refractivity contribution in [1.82, 2.24) is 10.3 Å². The Kier molecular flexibility index (Phi) is 5.49. The molecule has 0 bridgehead atoms. The van der Waals surface area contributed by atoms with Crippen molar-refractivity contribution in [3.05, 3.63) is 35.4 Å². The van der Waals surface area contributed by atoms with Crippen molar-refractivity contribution in [3.8, 4) is 6.07 Å². The molecule has 0 aromatic heterocycles. The van der Waals surface area contributed by atoms with E-state index >= 15 is 0 Å². The molecule has 1 N–H and O–H groups in total. The lowest BCUT2D eigenvalue weighted by Gasteiger charge is -2.18. The highest BCUT2D eigenvalue weighted by atomic mass is 16.5. The van der Waals surface area contributed by atoms with Crippen molar-refractivity contribution >= 4 is 18.1 Å². The number of hydrogen-bond acceptors (Lipinski definition) is 7. The minimum atomic E-state index is -0.322. The van der Waals surface area contributed by atoms with E-state index in [1.807, 2.05) is 12.1 Å². The van der Waals surface area contributed by atoms with Crippen molar-refractivity contribution in [1.29, 1.82) is 5.26 Å². The van der Waals surface area contributed by atoms with E-state index in [0.29, 0.717) is 24.6 Å². The maximum absolute atomic E-state index is 10.8. The average molecular weight is 299 g/mol. The number of nitriles is 1.